The summed E-state index contributed by atoms with van der Waals surface area (Å²) in [5.74, 6) is -1.29. The lowest BCUT2D eigenvalue weighted by atomic mass is 10.1. The summed E-state index contributed by atoms with van der Waals surface area (Å²) < 4.78 is 27.7. The highest BCUT2D eigenvalue weighted by Gasteiger charge is 2.14. The van der Waals surface area contributed by atoms with E-state index in [2.05, 4.69) is 25.9 Å². The van der Waals surface area contributed by atoms with Gasteiger partial charge in [0, 0.05) is 10.0 Å². The van der Waals surface area contributed by atoms with Crippen molar-refractivity contribution in [1.82, 2.24) is 9.97 Å². The number of fused-ring (bicyclic) bond motifs is 1. The lowest BCUT2D eigenvalue weighted by molar-refractivity contribution is 0.515. The molecule has 0 saturated carbocycles. The van der Waals surface area contributed by atoms with Crippen molar-refractivity contribution >= 4 is 27.0 Å². The lowest BCUT2D eigenvalue weighted by Crippen LogP contribution is -1.86. The van der Waals surface area contributed by atoms with Gasteiger partial charge in [0.2, 0.25) is 0 Å². The molecular formula is C14H9BrF2N2. The molecule has 19 heavy (non-hydrogen) atoms. The minimum Gasteiger partial charge on any atom is -0.338 e. The number of aromatic amines is 1. The van der Waals surface area contributed by atoms with Gasteiger partial charge in [-0.05, 0) is 30.7 Å². The third-order valence-electron chi connectivity index (χ3n) is 3.07. The fraction of sp³-hybridized carbons (Fsp3) is 0.0714. The van der Waals surface area contributed by atoms with Gasteiger partial charge in [-0.25, -0.2) is 13.8 Å². The Kier molecular flexibility index (Phi) is 2.86. The molecule has 0 saturated heterocycles. The van der Waals surface area contributed by atoms with Gasteiger partial charge in [-0.1, -0.05) is 28.1 Å². The molecule has 0 radical (unpaired) electrons. The van der Waals surface area contributed by atoms with Crippen LogP contribution >= 0.6 is 15.9 Å². The van der Waals surface area contributed by atoms with Crippen molar-refractivity contribution in [3.8, 4) is 11.4 Å². The Morgan fingerprint density at radius 1 is 1.16 bits per heavy atom. The zero-order valence-electron chi connectivity index (χ0n) is 9.97. The van der Waals surface area contributed by atoms with Crippen LogP contribution in [0.4, 0.5) is 8.78 Å². The van der Waals surface area contributed by atoms with E-state index in [0.717, 1.165) is 21.7 Å². The van der Waals surface area contributed by atoms with E-state index < -0.39 is 11.6 Å². The van der Waals surface area contributed by atoms with E-state index in [4.69, 9.17) is 0 Å². The van der Waals surface area contributed by atoms with Gasteiger partial charge in [0.05, 0.1) is 5.52 Å². The van der Waals surface area contributed by atoms with Crippen LogP contribution in [-0.4, -0.2) is 9.97 Å². The first-order chi connectivity index (χ1) is 9.08. The second-order valence-electron chi connectivity index (χ2n) is 4.26. The van der Waals surface area contributed by atoms with E-state index in [9.17, 15) is 8.78 Å². The summed E-state index contributed by atoms with van der Waals surface area (Å²) in [7, 11) is 0. The number of aromatic nitrogens is 2. The third-order valence-corrected chi connectivity index (χ3v) is 3.93. The van der Waals surface area contributed by atoms with Crippen LogP contribution in [0, 0.1) is 18.6 Å². The molecule has 96 valence electrons. The van der Waals surface area contributed by atoms with Gasteiger partial charge in [-0.15, -0.1) is 0 Å². The number of nitrogens with zero attached hydrogens (tertiary/aromatic N) is 1. The fourth-order valence-electron chi connectivity index (χ4n) is 2.01. The molecule has 5 heteroatoms. The highest BCUT2D eigenvalue weighted by atomic mass is 79.9. The summed E-state index contributed by atoms with van der Waals surface area (Å²) in [6, 6.07) is 8.25. The number of H-pyrrole nitrogens is 1. The van der Waals surface area contributed by atoms with E-state index in [1.807, 2.05) is 25.1 Å². The predicted octanol–water partition coefficient (Wildman–Crippen LogP) is 4.58. The third kappa shape index (κ3) is 1.94. The number of halogens is 3. The Bertz CT molecular complexity index is 780. The van der Waals surface area contributed by atoms with Gasteiger partial charge in [0.1, 0.15) is 11.3 Å². The van der Waals surface area contributed by atoms with Gasteiger partial charge >= 0.3 is 0 Å². The Morgan fingerprint density at radius 3 is 2.74 bits per heavy atom. The average molecular weight is 323 g/mol. The smallest absolute Gasteiger partial charge is 0.186 e. The van der Waals surface area contributed by atoms with E-state index in [1.165, 1.54) is 6.07 Å². The van der Waals surface area contributed by atoms with Gasteiger partial charge in [-0.3, -0.25) is 0 Å². The molecule has 2 aromatic carbocycles. The number of benzene rings is 2. The minimum atomic E-state index is -0.923. The molecule has 1 N–H and O–H groups in total. The molecule has 0 fully saturated rings. The van der Waals surface area contributed by atoms with Crippen molar-refractivity contribution in [3.63, 3.8) is 0 Å². The number of nitrogens with one attached hydrogen (secondary N) is 1. The fourth-order valence-corrected chi connectivity index (χ4v) is 2.38. The highest BCUT2D eigenvalue weighted by molar-refractivity contribution is 9.10. The van der Waals surface area contributed by atoms with Gasteiger partial charge in [-0.2, -0.15) is 0 Å². The molecule has 0 atom stereocenters. The van der Waals surface area contributed by atoms with Crippen LogP contribution in [0.1, 0.15) is 5.56 Å². The number of rotatable bonds is 1. The van der Waals surface area contributed by atoms with Crippen LogP contribution in [0.5, 0.6) is 0 Å². The van der Waals surface area contributed by atoms with E-state index in [1.54, 1.807) is 0 Å². The number of hydrogen-bond donors (Lipinski definition) is 1. The maximum Gasteiger partial charge on any atom is 0.186 e. The molecule has 0 aliphatic carbocycles. The molecule has 2 nitrogen and oxygen atoms in total. The zero-order chi connectivity index (χ0) is 13.6. The summed E-state index contributed by atoms with van der Waals surface area (Å²) in [6.45, 7) is 1.93. The van der Waals surface area contributed by atoms with Gasteiger partial charge < -0.3 is 4.98 Å². The largest absolute Gasteiger partial charge is 0.338 e. The Morgan fingerprint density at radius 2 is 1.95 bits per heavy atom. The standard InChI is InChI=1S/C14H9BrF2N2/c1-7-8(3-2-4-9(7)15)14-18-11-6-5-10(16)12(17)13(11)19-14/h2-6H,1H3,(H,18,19). The topological polar surface area (TPSA) is 28.7 Å². The summed E-state index contributed by atoms with van der Waals surface area (Å²) in [6.07, 6.45) is 0. The normalized spacial score (nSPS) is 11.2. The summed E-state index contributed by atoms with van der Waals surface area (Å²) in [5, 5.41) is 0. The molecule has 0 amide bonds. The molecular weight excluding hydrogens is 314 g/mol. The first-order valence-electron chi connectivity index (χ1n) is 5.67. The van der Waals surface area contributed by atoms with E-state index in [-0.39, 0.29) is 5.52 Å². The van der Waals surface area contributed by atoms with Crippen LogP contribution in [0.25, 0.3) is 22.4 Å². The number of imidazole rings is 1. The van der Waals surface area contributed by atoms with Gasteiger partial charge in [0.15, 0.2) is 11.6 Å². The molecule has 3 rings (SSSR count). The van der Waals surface area contributed by atoms with Crippen molar-refractivity contribution < 1.29 is 8.78 Å². The summed E-state index contributed by atoms with van der Waals surface area (Å²) >= 11 is 3.44. The Balaban J connectivity index is 2.27. The molecule has 1 aromatic heterocycles. The quantitative estimate of drug-likeness (QED) is 0.698. The van der Waals surface area contributed by atoms with Crippen LogP contribution in [0.3, 0.4) is 0 Å². The second kappa shape index (κ2) is 4.42. The minimum absolute atomic E-state index is 0.0226. The SMILES string of the molecule is Cc1c(Br)cccc1-c1nc2c(F)c(F)ccc2[nH]1. The van der Waals surface area contributed by atoms with Crippen LogP contribution in [-0.2, 0) is 0 Å². The maximum atomic E-state index is 13.6. The van der Waals surface area contributed by atoms with Crippen molar-refractivity contribution in [1.29, 1.82) is 0 Å². The van der Waals surface area contributed by atoms with Crippen LogP contribution in [0.2, 0.25) is 0 Å². The van der Waals surface area contributed by atoms with Crippen molar-refractivity contribution in [3.05, 3.63) is 52.0 Å². The lowest BCUT2D eigenvalue weighted by Gasteiger charge is -2.03. The van der Waals surface area contributed by atoms with Crippen molar-refractivity contribution in [2.75, 3.05) is 0 Å². The summed E-state index contributed by atoms with van der Waals surface area (Å²) in [4.78, 5) is 7.16. The first kappa shape index (κ1) is 12.3. The Hall–Kier alpha value is -1.75. The zero-order valence-corrected chi connectivity index (χ0v) is 11.6. The number of hydrogen-bond acceptors (Lipinski definition) is 1. The predicted molar refractivity (Wildman–Crippen MR) is 73.9 cm³/mol. The van der Waals surface area contributed by atoms with Crippen molar-refractivity contribution in [2.45, 2.75) is 6.92 Å². The van der Waals surface area contributed by atoms with Crippen LogP contribution < -0.4 is 0 Å². The molecule has 0 unspecified atom stereocenters. The first-order valence-corrected chi connectivity index (χ1v) is 6.46. The second-order valence-corrected chi connectivity index (χ2v) is 5.11. The molecule has 3 aromatic rings. The molecule has 0 spiro atoms. The van der Waals surface area contributed by atoms with Gasteiger partial charge in [0.25, 0.3) is 0 Å². The highest BCUT2D eigenvalue weighted by Crippen LogP contribution is 2.29. The van der Waals surface area contributed by atoms with E-state index in [0.29, 0.717) is 11.3 Å². The molecule has 0 aliphatic rings. The maximum absolute atomic E-state index is 13.6. The Labute approximate surface area is 116 Å². The molecule has 0 bridgehead atoms. The van der Waals surface area contributed by atoms with Crippen LogP contribution in [0.15, 0.2) is 34.8 Å². The molecule has 0 aliphatic heterocycles. The summed E-state index contributed by atoms with van der Waals surface area (Å²) in [5.41, 5.74) is 2.34. The van der Waals surface area contributed by atoms with Crippen molar-refractivity contribution in [2.24, 2.45) is 0 Å². The average Bonchev–Trinajstić information content (AvgIpc) is 2.82. The molecule has 1 heterocycles. The monoisotopic (exact) mass is 322 g/mol. The van der Waals surface area contributed by atoms with E-state index >= 15 is 0 Å².